The molecule has 176 valence electrons. The molecule has 2 aliphatic heterocycles. The van der Waals surface area contributed by atoms with Gasteiger partial charge in [-0.15, -0.1) is 0 Å². The Labute approximate surface area is 201 Å². The second kappa shape index (κ2) is 7.92. The molecule has 0 saturated carbocycles. The Balaban J connectivity index is 1.53. The number of fused-ring (bicyclic) bond motifs is 3. The average Bonchev–Trinajstić information content (AvgIpc) is 3.42. The molecule has 0 spiro atoms. The summed E-state index contributed by atoms with van der Waals surface area (Å²) < 4.78 is 28.4. The van der Waals surface area contributed by atoms with E-state index in [1.807, 2.05) is 54.6 Å². The molecule has 0 saturated heterocycles. The van der Waals surface area contributed by atoms with Crippen LogP contribution in [0.4, 0.5) is 0 Å². The minimum atomic E-state index is -1.97. The van der Waals surface area contributed by atoms with Gasteiger partial charge in [-0.05, 0) is 58.5 Å². The molecular weight excluding hydrogens is 448 g/mol. The van der Waals surface area contributed by atoms with E-state index in [1.54, 1.807) is 12.1 Å². The summed E-state index contributed by atoms with van der Waals surface area (Å²) >= 11 is 0. The maximum absolute atomic E-state index is 13.1. The van der Waals surface area contributed by atoms with Gasteiger partial charge in [0.05, 0.1) is 12.7 Å². The summed E-state index contributed by atoms with van der Waals surface area (Å²) in [6.45, 7) is 1.85. The molecule has 6 rings (SSSR count). The number of ketones is 1. The lowest BCUT2D eigenvalue weighted by molar-refractivity contribution is -0.0757. The molecule has 7 nitrogen and oxygen atoms in total. The summed E-state index contributed by atoms with van der Waals surface area (Å²) in [5.41, 5.74) is 2.63. The number of methoxy groups -OCH3 is 1. The van der Waals surface area contributed by atoms with Crippen LogP contribution in [-0.2, 0) is 6.61 Å². The molecular formula is C28H22O7. The predicted octanol–water partition coefficient (Wildman–Crippen LogP) is 5.11. The highest BCUT2D eigenvalue weighted by Gasteiger charge is 2.45. The molecule has 35 heavy (non-hydrogen) atoms. The number of hydrogen-bond acceptors (Lipinski definition) is 7. The fourth-order valence-electron chi connectivity index (χ4n) is 4.50. The summed E-state index contributed by atoms with van der Waals surface area (Å²) in [4.78, 5) is 13.1. The lowest BCUT2D eigenvalue weighted by atomic mass is 9.93. The van der Waals surface area contributed by atoms with Crippen molar-refractivity contribution in [3.05, 3.63) is 77.9 Å². The number of Topliss-reactive ketones (excluding diaryl/α,β-unsaturated/α-hetero) is 1. The third-order valence-corrected chi connectivity index (χ3v) is 6.25. The number of aliphatic hydroxyl groups is 1. The first-order chi connectivity index (χ1) is 16.9. The Bertz CT molecular complexity index is 1470. The first kappa shape index (κ1) is 21.3. The van der Waals surface area contributed by atoms with Crippen molar-refractivity contribution in [2.24, 2.45) is 0 Å². The highest BCUT2D eigenvalue weighted by atomic mass is 16.7. The summed E-state index contributed by atoms with van der Waals surface area (Å²) in [6.07, 6.45) is 0. The Morgan fingerprint density at radius 2 is 1.74 bits per heavy atom. The number of ether oxygens (including phenoxy) is 5. The van der Waals surface area contributed by atoms with Crippen molar-refractivity contribution in [2.75, 3.05) is 13.9 Å². The Kier molecular flexibility index (Phi) is 4.82. The van der Waals surface area contributed by atoms with Gasteiger partial charge in [-0.1, -0.05) is 30.3 Å². The minimum Gasteiger partial charge on any atom is -0.493 e. The van der Waals surface area contributed by atoms with E-state index in [1.165, 1.54) is 14.0 Å². The van der Waals surface area contributed by atoms with E-state index in [0.717, 1.165) is 21.9 Å². The Morgan fingerprint density at radius 1 is 0.971 bits per heavy atom. The predicted molar refractivity (Wildman–Crippen MR) is 128 cm³/mol. The zero-order chi connectivity index (χ0) is 24.2. The van der Waals surface area contributed by atoms with Crippen molar-refractivity contribution in [1.82, 2.24) is 0 Å². The molecule has 0 aromatic heterocycles. The smallest absolute Gasteiger partial charge is 0.270 e. The topological polar surface area (TPSA) is 83.5 Å². The van der Waals surface area contributed by atoms with Crippen LogP contribution in [0.1, 0.15) is 22.8 Å². The van der Waals surface area contributed by atoms with Gasteiger partial charge < -0.3 is 28.8 Å². The fourth-order valence-corrected chi connectivity index (χ4v) is 4.50. The van der Waals surface area contributed by atoms with E-state index in [2.05, 4.69) is 0 Å². The van der Waals surface area contributed by atoms with Gasteiger partial charge in [0.15, 0.2) is 23.0 Å². The van der Waals surface area contributed by atoms with Gasteiger partial charge in [0, 0.05) is 12.3 Å². The van der Waals surface area contributed by atoms with Crippen molar-refractivity contribution >= 4 is 16.6 Å². The molecule has 0 aliphatic carbocycles. The van der Waals surface area contributed by atoms with Crippen molar-refractivity contribution in [3.63, 3.8) is 0 Å². The molecule has 0 bridgehead atoms. The van der Waals surface area contributed by atoms with Crippen LogP contribution >= 0.6 is 0 Å². The fraction of sp³-hybridized carbons (Fsp3) is 0.179. The lowest BCUT2D eigenvalue weighted by Crippen LogP contribution is -2.35. The van der Waals surface area contributed by atoms with Crippen molar-refractivity contribution in [1.29, 1.82) is 0 Å². The molecule has 2 heterocycles. The highest BCUT2D eigenvalue weighted by Crippen LogP contribution is 2.48. The highest BCUT2D eigenvalue weighted by molar-refractivity contribution is 6.12. The van der Waals surface area contributed by atoms with Gasteiger partial charge >= 0.3 is 0 Å². The summed E-state index contributed by atoms with van der Waals surface area (Å²) in [5, 5.41) is 12.2. The molecule has 7 heteroatoms. The standard InChI is InChI=1S/C28H22O7/c1-28(30)27(29)25-19(8-9-21(31-2)26(25)35-28)17-10-18-12-23-24(34-15-33-23)13-20(18)22(11-17)32-14-16-6-4-3-5-7-16/h3-13,30H,14-15H2,1-2H3. The van der Waals surface area contributed by atoms with Crippen LogP contribution in [0.5, 0.6) is 28.7 Å². The molecule has 4 aromatic carbocycles. The van der Waals surface area contributed by atoms with Gasteiger partial charge in [0.2, 0.25) is 12.6 Å². The first-order valence-electron chi connectivity index (χ1n) is 11.2. The number of carbonyl (C=O) groups excluding carboxylic acids is 1. The largest absolute Gasteiger partial charge is 0.493 e. The van der Waals surface area contributed by atoms with Crippen LogP contribution in [0.2, 0.25) is 0 Å². The Morgan fingerprint density at radius 3 is 2.51 bits per heavy atom. The maximum Gasteiger partial charge on any atom is 0.270 e. The zero-order valence-electron chi connectivity index (χ0n) is 19.2. The van der Waals surface area contributed by atoms with Crippen molar-refractivity contribution < 1.29 is 33.6 Å². The number of hydrogen-bond donors (Lipinski definition) is 1. The Hall–Kier alpha value is -4.23. The van der Waals surface area contributed by atoms with E-state index in [9.17, 15) is 9.90 Å². The second-order valence-electron chi connectivity index (χ2n) is 8.61. The van der Waals surface area contributed by atoms with Crippen LogP contribution in [0.3, 0.4) is 0 Å². The van der Waals surface area contributed by atoms with E-state index in [4.69, 9.17) is 23.7 Å². The molecule has 0 radical (unpaired) electrons. The maximum atomic E-state index is 13.1. The number of benzene rings is 4. The number of carbonyl (C=O) groups is 1. The lowest BCUT2D eigenvalue weighted by Gasteiger charge is -2.15. The van der Waals surface area contributed by atoms with Crippen LogP contribution in [0, 0.1) is 0 Å². The van der Waals surface area contributed by atoms with Crippen LogP contribution in [0.25, 0.3) is 21.9 Å². The molecule has 1 unspecified atom stereocenters. The summed E-state index contributed by atoms with van der Waals surface area (Å²) in [6, 6.07) is 21.0. The summed E-state index contributed by atoms with van der Waals surface area (Å²) in [7, 11) is 1.49. The van der Waals surface area contributed by atoms with Gasteiger partial charge in [-0.25, -0.2) is 0 Å². The molecule has 1 N–H and O–H groups in total. The molecule has 4 aromatic rings. The molecule has 1 atom stereocenters. The zero-order valence-corrected chi connectivity index (χ0v) is 19.2. The van der Waals surface area contributed by atoms with E-state index in [-0.39, 0.29) is 18.1 Å². The van der Waals surface area contributed by atoms with Crippen LogP contribution < -0.4 is 23.7 Å². The molecule has 0 fully saturated rings. The average molecular weight is 470 g/mol. The van der Waals surface area contributed by atoms with Crippen molar-refractivity contribution in [3.8, 4) is 39.9 Å². The van der Waals surface area contributed by atoms with Gasteiger partial charge in [-0.3, -0.25) is 4.79 Å². The summed E-state index contributed by atoms with van der Waals surface area (Å²) in [5.74, 6) is 0.0189. The monoisotopic (exact) mass is 470 g/mol. The third-order valence-electron chi connectivity index (χ3n) is 6.25. The van der Waals surface area contributed by atoms with Gasteiger partial charge in [0.25, 0.3) is 5.79 Å². The van der Waals surface area contributed by atoms with E-state index in [0.29, 0.717) is 35.2 Å². The van der Waals surface area contributed by atoms with Gasteiger partial charge in [-0.2, -0.15) is 0 Å². The van der Waals surface area contributed by atoms with Gasteiger partial charge in [0.1, 0.15) is 12.4 Å². The minimum absolute atomic E-state index is 0.158. The first-order valence-corrected chi connectivity index (χ1v) is 11.2. The van der Waals surface area contributed by atoms with Crippen molar-refractivity contribution in [2.45, 2.75) is 19.3 Å². The van der Waals surface area contributed by atoms with Crippen LogP contribution in [-0.4, -0.2) is 30.6 Å². The van der Waals surface area contributed by atoms with E-state index < -0.39 is 11.6 Å². The molecule has 2 aliphatic rings. The SMILES string of the molecule is COc1ccc(-c2cc(OCc3ccccc3)c3cc4c(cc3c2)OCO4)c2c1OC(C)(O)C2=O. The van der Waals surface area contributed by atoms with Crippen LogP contribution in [0.15, 0.2) is 66.7 Å². The quantitative estimate of drug-likeness (QED) is 0.434. The third kappa shape index (κ3) is 3.52. The van der Waals surface area contributed by atoms with E-state index >= 15 is 0 Å². The normalized spacial score (nSPS) is 17.9. The number of rotatable bonds is 5. The second-order valence-corrected chi connectivity index (χ2v) is 8.61. The molecule has 0 amide bonds.